The monoisotopic (exact) mass is 252 g/mol. The Labute approximate surface area is 107 Å². The molecule has 0 atom stereocenters. The van der Waals surface area contributed by atoms with E-state index in [2.05, 4.69) is 21.6 Å². The molecule has 2 rings (SSSR count). The standard InChI is InChI=1S/C13H20N2O3/c1-9-4-6-13(18-3,7-5-9)12-14-8-10(15-12)11(16)17-2/h8-9H,4-7H2,1-3H3,(H,14,15). The highest BCUT2D eigenvalue weighted by Gasteiger charge is 2.38. The molecule has 18 heavy (non-hydrogen) atoms. The largest absolute Gasteiger partial charge is 0.464 e. The average molecular weight is 252 g/mol. The van der Waals surface area contributed by atoms with Crippen molar-refractivity contribution in [1.82, 2.24) is 9.97 Å². The molecule has 0 radical (unpaired) electrons. The minimum absolute atomic E-state index is 0.376. The normalized spacial score (nSPS) is 28.1. The lowest BCUT2D eigenvalue weighted by atomic mass is 9.79. The third kappa shape index (κ3) is 2.27. The van der Waals surface area contributed by atoms with Crippen molar-refractivity contribution in [1.29, 1.82) is 0 Å². The summed E-state index contributed by atoms with van der Waals surface area (Å²) in [6.07, 6.45) is 5.60. The van der Waals surface area contributed by atoms with Crippen LogP contribution < -0.4 is 0 Å². The number of hydrogen-bond donors (Lipinski definition) is 1. The van der Waals surface area contributed by atoms with E-state index < -0.39 is 5.97 Å². The summed E-state index contributed by atoms with van der Waals surface area (Å²) in [6, 6.07) is 0. The van der Waals surface area contributed by atoms with Gasteiger partial charge in [-0.1, -0.05) is 6.92 Å². The summed E-state index contributed by atoms with van der Waals surface area (Å²) in [5.74, 6) is 1.06. The molecule has 0 amide bonds. The summed E-state index contributed by atoms with van der Waals surface area (Å²) in [5, 5.41) is 0. The van der Waals surface area contributed by atoms with Crippen LogP contribution in [-0.4, -0.2) is 30.2 Å². The Balaban J connectivity index is 2.22. The van der Waals surface area contributed by atoms with Crippen molar-refractivity contribution in [2.45, 2.75) is 38.2 Å². The van der Waals surface area contributed by atoms with E-state index >= 15 is 0 Å². The van der Waals surface area contributed by atoms with Gasteiger partial charge in [0.15, 0.2) is 0 Å². The molecule has 0 spiro atoms. The summed E-state index contributed by atoms with van der Waals surface area (Å²) in [7, 11) is 3.06. The maximum atomic E-state index is 11.4. The van der Waals surface area contributed by atoms with Crippen LogP contribution in [0.3, 0.4) is 0 Å². The van der Waals surface area contributed by atoms with Crippen LogP contribution in [0.1, 0.15) is 48.9 Å². The van der Waals surface area contributed by atoms with Crippen molar-refractivity contribution in [2.24, 2.45) is 5.92 Å². The first kappa shape index (κ1) is 13.1. The topological polar surface area (TPSA) is 64.2 Å². The van der Waals surface area contributed by atoms with Crippen LogP contribution in [0.15, 0.2) is 6.20 Å². The molecular weight excluding hydrogens is 232 g/mol. The molecule has 5 nitrogen and oxygen atoms in total. The zero-order chi connectivity index (χ0) is 13.2. The fourth-order valence-corrected chi connectivity index (χ4v) is 2.53. The van der Waals surface area contributed by atoms with E-state index in [0.717, 1.165) is 37.4 Å². The first-order chi connectivity index (χ1) is 8.61. The number of ether oxygens (including phenoxy) is 2. The van der Waals surface area contributed by atoms with E-state index in [0.29, 0.717) is 5.69 Å². The molecule has 1 saturated carbocycles. The molecule has 1 aromatic heterocycles. The second-order valence-electron chi connectivity index (χ2n) is 5.02. The zero-order valence-corrected chi connectivity index (χ0v) is 11.2. The fraction of sp³-hybridized carbons (Fsp3) is 0.692. The summed E-state index contributed by atoms with van der Waals surface area (Å²) in [4.78, 5) is 18.7. The van der Waals surface area contributed by atoms with Gasteiger partial charge in [-0.2, -0.15) is 0 Å². The lowest BCUT2D eigenvalue weighted by Gasteiger charge is -2.36. The van der Waals surface area contributed by atoms with Crippen molar-refractivity contribution in [2.75, 3.05) is 14.2 Å². The molecule has 1 aromatic rings. The Morgan fingerprint density at radius 3 is 2.67 bits per heavy atom. The van der Waals surface area contributed by atoms with Crippen molar-refractivity contribution in [3.8, 4) is 0 Å². The lowest BCUT2D eigenvalue weighted by Crippen LogP contribution is -2.34. The third-order valence-corrected chi connectivity index (χ3v) is 3.89. The van der Waals surface area contributed by atoms with Crippen molar-refractivity contribution in [3.05, 3.63) is 17.7 Å². The van der Waals surface area contributed by atoms with E-state index in [1.165, 1.54) is 13.3 Å². The Hall–Kier alpha value is -1.36. The van der Waals surface area contributed by atoms with E-state index in [4.69, 9.17) is 4.74 Å². The number of hydrogen-bond acceptors (Lipinski definition) is 4. The van der Waals surface area contributed by atoms with Crippen LogP contribution >= 0.6 is 0 Å². The van der Waals surface area contributed by atoms with Crippen molar-refractivity contribution in [3.63, 3.8) is 0 Å². The van der Waals surface area contributed by atoms with Gasteiger partial charge in [-0.3, -0.25) is 0 Å². The molecule has 0 saturated heterocycles. The number of aromatic nitrogens is 2. The smallest absolute Gasteiger partial charge is 0.356 e. The highest BCUT2D eigenvalue weighted by molar-refractivity contribution is 5.86. The molecular formula is C13H20N2O3. The Kier molecular flexibility index (Phi) is 3.71. The number of nitrogens with one attached hydrogen (secondary N) is 1. The third-order valence-electron chi connectivity index (χ3n) is 3.89. The highest BCUT2D eigenvalue weighted by atomic mass is 16.5. The SMILES string of the molecule is COC(=O)c1cnc(C2(OC)CCC(C)CC2)[nH]1. The van der Waals surface area contributed by atoms with Gasteiger partial charge in [-0.25, -0.2) is 9.78 Å². The predicted octanol–water partition coefficient (Wildman–Crippen LogP) is 2.25. The van der Waals surface area contributed by atoms with Gasteiger partial charge in [0.25, 0.3) is 0 Å². The molecule has 100 valence electrons. The summed E-state index contributed by atoms with van der Waals surface area (Å²) in [6.45, 7) is 2.25. The highest BCUT2D eigenvalue weighted by Crippen LogP contribution is 2.40. The molecule has 1 heterocycles. The first-order valence-electron chi connectivity index (χ1n) is 6.30. The molecule has 0 unspecified atom stereocenters. The van der Waals surface area contributed by atoms with Crippen molar-refractivity contribution < 1.29 is 14.3 Å². The van der Waals surface area contributed by atoms with Crippen LogP contribution in [0, 0.1) is 5.92 Å². The number of imidazole rings is 1. The maximum absolute atomic E-state index is 11.4. The van der Waals surface area contributed by atoms with E-state index in [1.807, 2.05) is 0 Å². The van der Waals surface area contributed by atoms with Gasteiger partial charge in [-0.05, 0) is 31.6 Å². The van der Waals surface area contributed by atoms with Gasteiger partial charge in [-0.15, -0.1) is 0 Å². The van der Waals surface area contributed by atoms with Gasteiger partial charge < -0.3 is 14.5 Å². The number of rotatable bonds is 3. The number of methoxy groups -OCH3 is 2. The summed E-state index contributed by atoms with van der Waals surface area (Å²) >= 11 is 0. The van der Waals surface area contributed by atoms with Crippen molar-refractivity contribution >= 4 is 5.97 Å². The number of carbonyl (C=O) groups excluding carboxylic acids is 1. The molecule has 1 aliphatic rings. The van der Waals surface area contributed by atoms with Gasteiger partial charge in [0.05, 0.1) is 13.3 Å². The molecule has 1 aliphatic carbocycles. The predicted molar refractivity (Wildman–Crippen MR) is 66.2 cm³/mol. The van der Waals surface area contributed by atoms with Gasteiger partial charge in [0.2, 0.25) is 0 Å². The Bertz CT molecular complexity index is 420. The first-order valence-corrected chi connectivity index (χ1v) is 6.30. The van der Waals surface area contributed by atoms with Gasteiger partial charge >= 0.3 is 5.97 Å². The maximum Gasteiger partial charge on any atom is 0.356 e. The minimum Gasteiger partial charge on any atom is -0.464 e. The van der Waals surface area contributed by atoms with Crippen LogP contribution in [0.25, 0.3) is 0 Å². The molecule has 0 aliphatic heterocycles. The second kappa shape index (κ2) is 5.10. The molecule has 1 N–H and O–H groups in total. The van der Waals surface area contributed by atoms with E-state index in [-0.39, 0.29) is 5.60 Å². The van der Waals surface area contributed by atoms with Gasteiger partial charge in [0.1, 0.15) is 17.1 Å². The van der Waals surface area contributed by atoms with Crippen LogP contribution in [-0.2, 0) is 15.1 Å². The molecule has 0 bridgehead atoms. The van der Waals surface area contributed by atoms with E-state index in [9.17, 15) is 4.79 Å². The second-order valence-corrected chi connectivity index (χ2v) is 5.02. The average Bonchev–Trinajstić information content (AvgIpc) is 2.89. The number of H-pyrrole nitrogens is 1. The van der Waals surface area contributed by atoms with Crippen LogP contribution in [0.5, 0.6) is 0 Å². The number of esters is 1. The minimum atomic E-state index is -0.399. The lowest BCUT2D eigenvalue weighted by molar-refractivity contribution is -0.0592. The molecule has 1 fully saturated rings. The van der Waals surface area contributed by atoms with E-state index in [1.54, 1.807) is 7.11 Å². The summed E-state index contributed by atoms with van der Waals surface area (Å²) < 4.78 is 10.4. The van der Waals surface area contributed by atoms with Gasteiger partial charge in [0, 0.05) is 7.11 Å². The quantitative estimate of drug-likeness (QED) is 0.838. The number of nitrogens with zero attached hydrogens (tertiary/aromatic N) is 1. The fourth-order valence-electron chi connectivity index (χ4n) is 2.53. The van der Waals surface area contributed by atoms with Crippen LogP contribution in [0.2, 0.25) is 0 Å². The summed E-state index contributed by atoms with van der Waals surface area (Å²) in [5.41, 5.74) is 0.00115. The Morgan fingerprint density at radius 1 is 1.44 bits per heavy atom. The number of carbonyl (C=O) groups is 1. The molecule has 5 heteroatoms. The number of aromatic amines is 1. The Morgan fingerprint density at radius 2 is 2.11 bits per heavy atom. The zero-order valence-electron chi connectivity index (χ0n) is 11.2. The molecule has 0 aromatic carbocycles. The van der Waals surface area contributed by atoms with Crippen LogP contribution in [0.4, 0.5) is 0 Å².